The molecule has 2 saturated heterocycles. The average Bonchev–Trinajstić information content (AvgIpc) is 1.62. The van der Waals surface area contributed by atoms with Crippen LogP contribution in [0.3, 0.4) is 0 Å². The fourth-order valence-electron chi connectivity index (χ4n) is 10.8. The van der Waals surface area contributed by atoms with E-state index in [4.69, 9.17) is 9.47 Å². The lowest BCUT2D eigenvalue weighted by molar-refractivity contribution is -0.468. The van der Waals surface area contributed by atoms with Gasteiger partial charge in [0.25, 0.3) is 0 Å². The Morgan fingerprint density at radius 2 is 1.06 bits per heavy atom. The molecule has 4 aromatic heterocycles. The smallest absolute Gasteiger partial charge is 0.375 e. The molecule has 2 aliphatic heterocycles. The van der Waals surface area contributed by atoms with Crippen LogP contribution in [0.15, 0.2) is 195 Å². The largest absolute Gasteiger partial charge is 0.493 e. The average molecular weight is 1280 g/mol. The number of ether oxygens (including phenoxy) is 2. The second-order valence-electron chi connectivity index (χ2n) is 24.7. The molecule has 0 aliphatic carbocycles. The van der Waals surface area contributed by atoms with E-state index in [-0.39, 0.29) is 42.0 Å². The van der Waals surface area contributed by atoms with Crippen molar-refractivity contribution in [3.63, 3.8) is 0 Å². The zero-order valence-corrected chi connectivity index (χ0v) is 54.9. The van der Waals surface area contributed by atoms with E-state index in [0.29, 0.717) is 62.3 Å². The van der Waals surface area contributed by atoms with Crippen molar-refractivity contribution in [3.8, 4) is 11.5 Å². The van der Waals surface area contributed by atoms with Gasteiger partial charge in [-0.15, -0.1) is 10.2 Å². The summed E-state index contributed by atoms with van der Waals surface area (Å²) >= 11 is 0. The number of fused-ring (bicyclic) bond motifs is 2. The van der Waals surface area contributed by atoms with E-state index < -0.39 is 0 Å². The van der Waals surface area contributed by atoms with E-state index in [1.54, 1.807) is 47.8 Å². The molecule has 12 rings (SSSR count). The van der Waals surface area contributed by atoms with E-state index in [1.165, 1.54) is 37.2 Å². The van der Waals surface area contributed by atoms with Gasteiger partial charge in [-0.2, -0.15) is 4.68 Å². The standard InChI is InChI=1S/C20H22FN5O.C19H21N3O2.C18H24N4O.C16H20N2O2/c1-24-12-10-17(11-13-24)25(14-15-6-8-16(21)9-7-15)20(27)26-19-5-3-2-4-18(19)22-23-26;1-14(2)13-24-17-9-7-15(8-10-17)11-20-19(23)22-18-6-4-3-5-16(18)12-21-22;1-15-3-5-16(6-4-15)13-22(17-7-10-20(2)11-8-17)18(23)21-12-9-19-14-21;1-13(2)12-20-15-7-5-14(6-8-15)11-17-16(19)18-9-3-4-10-18/h2-9,17H,10-14H2,1H3;3-10,12,14H,11,13H2,1-2H3,(H,20,23);3-6,9,12,14,17H,7-8,10-11,13H2,1-2H3;3-10,13H,11-12H2,1-2H3,(H,17,19)/p+1. The first-order chi connectivity index (χ1) is 45.5. The van der Waals surface area contributed by atoms with Gasteiger partial charge in [0.15, 0.2) is 0 Å². The Bertz CT molecular complexity index is 3930. The van der Waals surface area contributed by atoms with E-state index >= 15 is 0 Å². The van der Waals surface area contributed by atoms with Crippen LogP contribution in [0.5, 0.6) is 11.5 Å². The molecule has 0 bridgehead atoms. The normalized spacial score (nSPS) is 13.6. The highest BCUT2D eigenvalue weighted by Gasteiger charge is 2.31. The first-order valence-electron chi connectivity index (χ1n) is 32.2. The molecule has 0 atom stereocenters. The number of imidazole rings is 1. The highest BCUT2D eigenvalue weighted by atomic mass is 19.1. The number of benzene rings is 6. The number of H-pyrrole nitrogens is 1. The van der Waals surface area contributed by atoms with Crippen molar-refractivity contribution >= 4 is 46.1 Å². The van der Waals surface area contributed by atoms with Gasteiger partial charge in [0.2, 0.25) is 6.20 Å². The monoisotopic (exact) mass is 1280 g/mol. The molecule has 10 aromatic rings. The summed E-state index contributed by atoms with van der Waals surface area (Å²) in [6, 6.07) is 49.0. The van der Waals surface area contributed by atoms with Crippen LogP contribution < -0.4 is 25.2 Å². The number of rotatable bonds is 16. The minimum Gasteiger partial charge on any atom is -0.493 e. The Morgan fingerprint density at radius 3 is 1.60 bits per heavy atom. The summed E-state index contributed by atoms with van der Waals surface area (Å²) in [6.07, 6.45) is 14.0. The number of aromatic amines is 1. The fraction of sp³-hybridized carbons (Fsp3) is 0.342. The first-order valence-corrected chi connectivity index (χ1v) is 32.2. The van der Waals surface area contributed by atoms with Crippen LogP contribution in [0, 0.1) is 24.6 Å². The van der Waals surface area contributed by atoms with Crippen molar-refractivity contribution in [2.75, 3.05) is 53.5 Å². The van der Waals surface area contributed by atoms with Gasteiger partial charge in [-0.1, -0.05) is 128 Å². The lowest BCUT2D eigenvalue weighted by Crippen LogP contribution is -2.47. The number of aromatic nitrogens is 8. The summed E-state index contributed by atoms with van der Waals surface area (Å²) in [4.78, 5) is 62.8. The maximum atomic E-state index is 13.4. The third-order valence-corrected chi connectivity index (χ3v) is 16.2. The molecule has 4 amide bonds. The Labute approximate surface area is 549 Å². The van der Waals surface area contributed by atoms with Gasteiger partial charge in [0.1, 0.15) is 34.7 Å². The molecule has 2 fully saturated rings. The maximum absolute atomic E-state index is 13.4. The Morgan fingerprint density at radius 1 is 0.574 bits per heavy atom. The molecule has 0 radical (unpaired) electrons. The SMILES string of the molecule is CC(C)COc1ccc(CNC(=O)n2[nH+]cc3ccccc32)cc1.CC(C)COc1ccc(CNC(=O)n2cccc2)cc1.CN1CCC(N(Cc2ccc(F)cc2)C(=O)n2nnc3ccccc32)CC1.Cc1ccc(CN(C(=O)n2ccnc2)C2CCN(C)CC2)cc1. The number of carbonyl (C=O) groups excluding carboxylic acids is 4. The molecule has 94 heavy (non-hydrogen) atoms. The lowest BCUT2D eigenvalue weighted by Gasteiger charge is -2.37. The summed E-state index contributed by atoms with van der Waals surface area (Å²) < 4.78 is 30.5. The van der Waals surface area contributed by atoms with Gasteiger partial charge in [-0.25, -0.2) is 28.6 Å². The number of carbonyl (C=O) groups is 4. The minimum absolute atomic E-state index is 0.0117. The van der Waals surface area contributed by atoms with Crippen LogP contribution in [-0.4, -0.2) is 143 Å². The highest BCUT2D eigenvalue weighted by molar-refractivity contribution is 5.89. The molecular weight excluding hydrogens is 1190 g/mol. The minimum atomic E-state index is -0.279. The van der Waals surface area contributed by atoms with Crippen LogP contribution in [0.1, 0.15) is 81.2 Å². The molecule has 2 aliphatic rings. The van der Waals surface area contributed by atoms with Gasteiger partial charge in [-0.3, -0.25) is 9.13 Å². The number of hydrogen-bond acceptors (Lipinski definition) is 11. The van der Waals surface area contributed by atoms with Crippen molar-refractivity contribution < 1.29 is 38.1 Å². The second-order valence-corrected chi connectivity index (χ2v) is 24.7. The molecule has 492 valence electrons. The number of para-hydroxylation sites is 2. The van der Waals surface area contributed by atoms with Gasteiger partial charge in [0, 0.05) is 63.1 Å². The quantitative estimate of drug-likeness (QED) is 0.0934. The zero-order valence-electron chi connectivity index (χ0n) is 54.9. The van der Waals surface area contributed by atoms with Gasteiger partial charge in [0.05, 0.1) is 24.1 Å². The molecule has 0 spiro atoms. The molecule has 20 nitrogen and oxygen atoms in total. The van der Waals surface area contributed by atoms with E-state index in [2.05, 4.69) is 114 Å². The number of halogens is 1. The second kappa shape index (κ2) is 34.1. The van der Waals surface area contributed by atoms with Crippen molar-refractivity contribution in [1.29, 1.82) is 0 Å². The third kappa shape index (κ3) is 20.0. The molecular formula is C73H88FN14O6+. The highest BCUT2D eigenvalue weighted by Crippen LogP contribution is 2.24. The summed E-state index contributed by atoms with van der Waals surface area (Å²) in [5, 5.41) is 17.9. The van der Waals surface area contributed by atoms with Crippen LogP contribution >= 0.6 is 0 Å². The predicted octanol–water partition coefficient (Wildman–Crippen LogP) is 12.4. The topological polar surface area (TPSA) is 196 Å². The van der Waals surface area contributed by atoms with E-state index in [0.717, 1.165) is 91.0 Å². The molecule has 6 aromatic carbocycles. The molecule has 6 heterocycles. The van der Waals surface area contributed by atoms with Gasteiger partial charge < -0.3 is 39.7 Å². The van der Waals surface area contributed by atoms with E-state index in [1.807, 2.05) is 125 Å². The first kappa shape index (κ1) is 68.4. The molecule has 3 N–H and O–H groups in total. The number of hydrogen-bond donors (Lipinski definition) is 2. The van der Waals surface area contributed by atoms with E-state index in [9.17, 15) is 23.6 Å². The predicted molar refractivity (Wildman–Crippen MR) is 363 cm³/mol. The Hall–Kier alpha value is -9.99. The lowest BCUT2D eigenvalue weighted by atomic mass is 10.0. The van der Waals surface area contributed by atoms with Crippen LogP contribution in [0.2, 0.25) is 0 Å². The number of likely N-dealkylation sites (tertiary alicyclic amines) is 2. The van der Waals surface area contributed by atoms with Crippen molar-refractivity contribution in [3.05, 3.63) is 229 Å². The zero-order chi connectivity index (χ0) is 66.3. The van der Waals surface area contributed by atoms with Crippen molar-refractivity contribution in [1.82, 2.24) is 64.0 Å². The van der Waals surface area contributed by atoms with Gasteiger partial charge in [-0.05, 0) is 180 Å². The molecule has 0 saturated carbocycles. The molecule has 21 heteroatoms. The fourth-order valence-corrected chi connectivity index (χ4v) is 10.8. The summed E-state index contributed by atoms with van der Waals surface area (Å²) in [7, 11) is 4.23. The molecule has 0 unspecified atom stereocenters. The number of piperidine rings is 2. The van der Waals surface area contributed by atoms with Gasteiger partial charge >= 0.3 is 24.1 Å². The summed E-state index contributed by atoms with van der Waals surface area (Å²) in [6.45, 7) is 17.9. The third-order valence-electron chi connectivity index (χ3n) is 16.2. The summed E-state index contributed by atoms with van der Waals surface area (Å²) in [5.74, 6) is 2.44. The maximum Gasteiger partial charge on any atom is 0.375 e. The number of amides is 4. The van der Waals surface area contributed by atoms with Crippen molar-refractivity contribution in [2.24, 2.45) is 11.8 Å². The summed E-state index contributed by atoms with van der Waals surface area (Å²) in [5.41, 5.74) is 7.61. The van der Waals surface area contributed by atoms with Crippen LogP contribution in [0.25, 0.3) is 21.9 Å². The van der Waals surface area contributed by atoms with Crippen LogP contribution in [0.4, 0.5) is 23.6 Å². The number of aryl methyl sites for hydroxylation is 1. The van der Waals surface area contributed by atoms with Crippen LogP contribution in [-0.2, 0) is 26.2 Å². The number of nitrogens with zero attached hydrogens (tertiary/aromatic N) is 11. The Balaban J connectivity index is 0.000000148. The van der Waals surface area contributed by atoms with Crippen molar-refractivity contribution in [2.45, 2.75) is 98.6 Å². The number of nitrogens with one attached hydrogen (secondary N) is 3. The Kier molecular flexibility index (Phi) is 24.8.